The molecule has 2 heterocycles. The van der Waals surface area contributed by atoms with Crippen LogP contribution in [0.15, 0.2) is 164 Å². The van der Waals surface area contributed by atoms with Crippen molar-refractivity contribution in [3.8, 4) is 56.3 Å². The number of hydrogen-bond acceptors (Lipinski definition) is 3. The quantitative estimate of drug-likeness (QED) is 0.196. The van der Waals surface area contributed by atoms with Crippen molar-refractivity contribution in [2.24, 2.45) is 0 Å². The number of rotatable bonds is 5. The summed E-state index contributed by atoms with van der Waals surface area (Å²) in [7, 11) is 0. The molecule has 0 radical (unpaired) electrons. The standard InChI is InChI=1S/C41H27N3/c1-4-14-29(15-5-1)37-26-35(40-34-22-11-10-13-28(34)23-24-36(40)42-37)32-20-12-21-33(25-32)39-27-38(30-16-6-2-7-17-30)43-41(44-39)31-18-8-3-9-19-31/h1-27H. The molecular weight excluding hydrogens is 534 g/mol. The van der Waals surface area contributed by atoms with Crippen LogP contribution in [-0.2, 0) is 0 Å². The Kier molecular flexibility index (Phi) is 6.47. The second-order valence-electron chi connectivity index (χ2n) is 10.9. The lowest BCUT2D eigenvalue weighted by Gasteiger charge is -2.14. The molecular formula is C41H27N3. The number of pyridine rings is 1. The molecule has 0 saturated carbocycles. The largest absolute Gasteiger partial charge is 0.248 e. The molecule has 0 aliphatic heterocycles. The van der Waals surface area contributed by atoms with Crippen molar-refractivity contribution in [1.82, 2.24) is 15.0 Å². The van der Waals surface area contributed by atoms with Gasteiger partial charge in [0.15, 0.2) is 5.82 Å². The highest BCUT2D eigenvalue weighted by Gasteiger charge is 2.15. The lowest BCUT2D eigenvalue weighted by molar-refractivity contribution is 1.18. The third kappa shape index (κ3) is 4.81. The van der Waals surface area contributed by atoms with Gasteiger partial charge in [0.2, 0.25) is 0 Å². The van der Waals surface area contributed by atoms with Crippen LogP contribution in [0.2, 0.25) is 0 Å². The number of nitrogens with zero attached hydrogens (tertiary/aromatic N) is 3. The Hall–Kier alpha value is -5.93. The molecule has 44 heavy (non-hydrogen) atoms. The van der Waals surface area contributed by atoms with Crippen LogP contribution in [-0.4, -0.2) is 15.0 Å². The molecule has 3 nitrogen and oxygen atoms in total. The summed E-state index contributed by atoms with van der Waals surface area (Å²) in [6.07, 6.45) is 0. The van der Waals surface area contributed by atoms with E-state index in [0.29, 0.717) is 5.82 Å². The summed E-state index contributed by atoms with van der Waals surface area (Å²) in [4.78, 5) is 15.2. The van der Waals surface area contributed by atoms with E-state index in [4.69, 9.17) is 15.0 Å². The zero-order valence-electron chi connectivity index (χ0n) is 23.9. The molecule has 0 unspecified atom stereocenters. The molecule has 0 N–H and O–H groups in total. The zero-order valence-corrected chi connectivity index (χ0v) is 23.9. The van der Waals surface area contributed by atoms with E-state index < -0.39 is 0 Å². The predicted octanol–water partition coefficient (Wildman–Crippen LogP) is 10.5. The highest BCUT2D eigenvalue weighted by Crippen LogP contribution is 2.38. The Labute approximate surface area is 256 Å². The van der Waals surface area contributed by atoms with Gasteiger partial charge < -0.3 is 0 Å². The minimum Gasteiger partial charge on any atom is -0.248 e. The fraction of sp³-hybridized carbons (Fsp3) is 0. The molecule has 0 spiro atoms. The molecule has 3 heteroatoms. The summed E-state index contributed by atoms with van der Waals surface area (Å²) in [5, 5.41) is 3.54. The molecule has 0 bridgehead atoms. The van der Waals surface area contributed by atoms with E-state index in [0.717, 1.165) is 61.4 Å². The van der Waals surface area contributed by atoms with Gasteiger partial charge in [-0.25, -0.2) is 15.0 Å². The fourth-order valence-electron chi connectivity index (χ4n) is 5.91. The van der Waals surface area contributed by atoms with Gasteiger partial charge in [-0.1, -0.05) is 140 Å². The predicted molar refractivity (Wildman–Crippen MR) is 182 cm³/mol. The first-order chi connectivity index (χ1) is 21.8. The zero-order chi connectivity index (χ0) is 29.3. The monoisotopic (exact) mass is 561 g/mol. The molecule has 0 atom stereocenters. The van der Waals surface area contributed by atoms with Crippen molar-refractivity contribution in [2.45, 2.75) is 0 Å². The molecule has 0 aliphatic rings. The molecule has 0 amide bonds. The summed E-state index contributed by atoms with van der Waals surface area (Å²) in [6.45, 7) is 0. The van der Waals surface area contributed by atoms with Crippen LogP contribution in [0.3, 0.4) is 0 Å². The minimum atomic E-state index is 0.707. The number of aromatic nitrogens is 3. The SMILES string of the molecule is c1ccc(-c2cc(-c3cccc(-c4cc(-c5ccccc5)nc5ccc6ccccc6c45)c3)nc(-c3ccccc3)n2)cc1. The van der Waals surface area contributed by atoms with Crippen LogP contribution in [0.5, 0.6) is 0 Å². The van der Waals surface area contributed by atoms with Crippen LogP contribution >= 0.6 is 0 Å². The van der Waals surface area contributed by atoms with Gasteiger partial charge in [-0.2, -0.15) is 0 Å². The lowest BCUT2D eigenvalue weighted by atomic mass is 9.93. The highest BCUT2D eigenvalue weighted by molar-refractivity contribution is 6.14. The van der Waals surface area contributed by atoms with Crippen molar-refractivity contribution >= 4 is 21.7 Å². The molecule has 8 aromatic rings. The van der Waals surface area contributed by atoms with Crippen molar-refractivity contribution in [2.75, 3.05) is 0 Å². The normalized spacial score (nSPS) is 11.2. The Morgan fingerprint density at radius 3 is 1.59 bits per heavy atom. The lowest BCUT2D eigenvalue weighted by Crippen LogP contribution is -1.96. The molecule has 206 valence electrons. The van der Waals surface area contributed by atoms with E-state index >= 15 is 0 Å². The summed E-state index contributed by atoms with van der Waals surface area (Å²) in [6, 6.07) is 56.7. The maximum absolute atomic E-state index is 5.13. The molecule has 0 saturated heterocycles. The summed E-state index contributed by atoms with van der Waals surface area (Å²) < 4.78 is 0. The minimum absolute atomic E-state index is 0.707. The number of hydrogen-bond donors (Lipinski definition) is 0. The third-order valence-corrected chi connectivity index (χ3v) is 8.06. The summed E-state index contributed by atoms with van der Waals surface area (Å²) in [5.74, 6) is 0.707. The Bertz CT molecular complexity index is 2200. The van der Waals surface area contributed by atoms with Crippen molar-refractivity contribution in [3.05, 3.63) is 164 Å². The van der Waals surface area contributed by atoms with Crippen LogP contribution in [0, 0.1) is 0 Å². The first kappa shape index (κ1) is 25.8. The van der Waals surface area contributed by atoms with E-state index in [-0.39, 0.29) is 0 Å². The van der Waals surface area contributed by atoms with Gasteiger partial charge in [-0.05, 0) is 46.2 Å². The average Bonchev–Trinajstić information content (AvgIpc) is 3.12. The van der Waals surface area contributed by atoms with Gasteiger partial charge in [0.25, 0.3) is 0 Å². The van der Waals surface area contributed by atoms with Crippen LogP contribution in [0.25, 0.3) is 78.0 Å². The van der Waals surface area contributed by atoms with Gasteiger partial charge >= 0.3 is 0 Å². The van der Waals surface area contributed by atoms with E-state index in [2.05, 4.69) is 121 Å². The first-order valence-electron chi connectivity index (χ1n) is 14.8. The Morgan fingerprint density at radius 1 is 0.341 bits per heavy atom. The van der Waals surface area contributed by atoms with E-state index in [1.54, 1.807) is 0 Å². The fourth-order valence-corrected chi connectivity index (χ4v) is 5.91. The van der Waals surface area contributed by atoms with E-state index in [1.807, 2.05) is 42.5 Å². The van der Waals surface area contributed by atoms with Crippen LogP contribution < -0.4 is 0 Å². The van der Waals surface area contributed by atoms with Gasteiger partial charge in [0, 0.05) is 27.6 Å². The van der Waals surface area contributed by atoms with E-state index in [9.17, 15) is 0 Å². The average molecular weight is 562 g/mol. The van der Waals surface area contributed by atoms with Gasteiger partial charge in [0.05, 0.1) is 22.6 Å². The molecule has 0 aliphatic carbocycles. The number of fused-ring (bicyclic) bond motifs is 3. The maximum atomic E-state index is 5.13. The second-order valence-corrected chi connectivity index (χ2v) is 10.9. The van der Waals surface area contributed by atoms with Crippen molar-refractivity contribution < 1.29 is 0 Å². The number of benzene rings is 6. The summed E-state index contributed by atoms with van der Waals surface area (Å²) in [5.41, 5.74) is 10.1. The van der Waals surface area contributed by atoms with E-state index in [1.165, 1.54) is 10.8 Å². The Morgan fingerprint density at radius 2 is 0.886 bits per heavy atom. The van der Waals surface area contributed by atoms with Gasteiger partial charge in [0.1, 0.15) is 0 Å². The molecule has 8 rings (SSSR count). The summed E-state index contributed by atoms with van der Waals surface area (Å²) >= 11 is 0. The topological polar surface area (TPSA) is 38.7 Å². The highest BCUT2D eigenvalue weighted by atomic mass is 14.9. The maximum Gasteiger partial charge on any atom is 0.160 e. The van der Waals surface area contributed by atoms with Crippen LogP contribution in [0.4, 0.5) is 0 Å². The van der Waals surface area contributed by atoms with Gasteiger partial charge in [-0.15, -0.1) is 0 Å². The smallest absolute Gasteiger partial charge is 0.160 e. The molecule has 2 aromatic heterocycles. The third-order valence-electron chi connectivity index (χ3n) is 8.06. The molecule has 0 fully saturated rings. The van der Waals surface area contributed by atoms with Crippen molar-refractivity contribution in [1.29, 1.82) is 0 Å². The van der Waals surface area contributed by atoms with Crippen LogP contribution in [0.1, 0.15) is 0 Å². The van der Waals surface area contributed by atoms with Gasteiger partial charge in [-0.3, -0.25) is 0 Å². The Balaban J connectivity index is 1.35. The van der Waals surface area contributed by atoms with Crippen molar-refractivity contribution in [3.63, 3.8) is 0 Å². The second kappa shape index (κ2) is 11.0. The molecule has 6 aromatic carbocycles. The first-order valence-corrected chi connectivity index (χ1v) is 14.8.